The van der Waals surface area contributed by atoms with Crippen LogP contribution in [-0.4, -0.2) is 38.2 Å². The van der Waals surface area contributed by atoms with Crippen molar-refractivity contribution < 1.29 is 9.00 Å². The third-order valence-electron chi connectivity index (χ3n) is 2.54. The molecule has 1 aliphatic rings. The molecule has 0 aromatic carbocycles. The zero-order chi connectivity index (χ0) is 11.4. The number of aromatic amines is 2. The molecule has 0 atom stereocenters. The smallest absolute Gasteiger partial charge is 0.283 e. The third kappa shape index (κ3) is 2.61. The summed E-state index contributed by atoms with van der Waals surface area (Å²) < 4.78 is 10.8. The van der Waals surface area contributed by atoms with E-state index in [4.69, 9.17) is 0 Å². The van der Waals surface area contributed by atoms with E-state index in [2.05, 4.69) is 15.4 Å². The van der Waals surface area contributed by atoms with Crippen molar-refractivity contribution in [1.29, 1.82) is 0 Å². The van der Waals surface area contributed by atoms with E-state index in [1.165, 1.54) is 12.6 Å². The number of rotatable bonds is 2. The average molecular weight is 242 g/mol. The number of amides is 1. The summed E-state index contributed by atoms with van der Waals surface area (Å²) in [7, 11) is 0. The minimum Gasteiger partial charge on any atom is -0.335 e. The molecule has 0 aliphatic carbocycles. The Balaban J connectivity index is 1.99. The minimum absolute atomic E-state index is 0.210. The highest BCUT2D eigenvalue weighted by atomic mass is 32.1. The molecule has 16 heavy (non-hydrogen) atoms. The Kier molecular flexibility index (Phi) is 3.58. The summed E-state index contributed by atoms with van der Waals surface area (Å²) in [5.41, 5.74) is 3.18. The van der Waals surface area contributed by atoms with Gasteiger partial charge in [0, 0.05) is 19.3 Å². The number of hydrogen-bond donors (Lipinski definition) is 3. The van der Waals surface area contributed by atoms with Crippen LogP contribution in [0, 0.1) is 4.77 Å². The van der Waals surface area contributed by atoms with Gasteiger partial charge in [-0.15, -0.1) is 0 Å². The quantitative estimate of drug-likeness (QED) is 0.649. The molecule has 0 radical (unpaired) electrons. The van der Waals surface area contributed by atoms with E-state index in [0.717, 1.165) is 25.9 Å². The summed E-state index contributed by atoms with van der Waals surface area (Å²) >= 11 is 0.298. The maximum atomic E-state index is 11.7. The van der Waals surface area contributed by atoms with Crippen LogP contribution in [-0.2, 0) is 11.3 Å². The van der Waals surface area contributed by atoms with Crippen molar-refractivity contribution in [2.24, 2.45) is 0 Å². The van der Waals surface area contributed by atoms with Crippen molar-refractivity contribution in [1.82, 2.24) is 20.4 Å². The van der Waals surface area contributed by atoms with Gasteiger partial charge in [0.05, 0.1) is 0 Å². The van der Waals surface area contributed by atoms with E-state index in [1.807, 2.05) is 5.01 Å². The summed E-state index contributed by atoms with van der Waals surface area (Å²) in [6, 6.07) is 0. The first-order valence-electron chi connectivity index (χ1n) is 5.26. The maximum absolute atomic E-state index is 11.7. The van der Waals surface area contributed by atoms with Crippen LogP contribution in [0.2, 0.25) is 0 Å². The molecule has 1 aromatic rings. The molecule has 88 valence electrons. The normalized spacial score (nSPS) is 17.0. The van der Waals surface area contributed by atoms with Crippen molar-refractivity contribution in [3.05, 3.63) is 16.7 Å². The number of hydrogen-bond acceptors (Lipinski definition) is 3. The molecule has 0 bridgehead atoms. The van der Waals surface area contributed by atoms with Crippen LogP contribution < -0.4 is 5.43 Å². The van der Waals surface area contributed by atoms with Gasteiger partial charge in [0.15, 0.2) is 0 Å². The predicted molar refractivity (Wildman–Crippen MR) is 59.4 cm³/mol. The van der Waals surface area contributed by atoms with Gasteiger partial charge >= 0.3 is 0 Å². The molecule has 1 amide bonds. The molecule has 0 unspecified atom stereocenters. The lowest BCUT2D eigenvalue weighted by atomic mass is 10.2. The summed E-state index contributed by atoms with van der Waals surface area (Å²) in [5, 5.41) is 1.91. The van der Waals surface area contributed by atoms with Gasteiger partial charge in [-0.05, 0) is 12.8 Å². The Morgan fingerprint density at radius 1 is 1.38 bits per heavy atom. The molecule has 2 heterocycles. The van der Waals surface area contributed by atoms with Gasteiger partial charge in [0.1, 0.15) is 16.9 Å². The molecule has 7 heteroatoms. The largest absolute Gasteiger partial charge is 0.335 e. The summed E-state index contributed by atoms with van der Waals surface area (Å²) in [5.74, 6) is -0.210. The fraction of sp³-hybridized carbons (Fsp3) is 0.556. The molecular weight excluding hydrogens is 228 g/mol. The van der Waals surface area contributed by atoms with Crippen molar-refractivity contribution in [2.75, 3.05) is 13.1 Å². The molecule has 0 spiro atoms. The van der Waals surface area contributed by atoms with E-state index >= 15 is 0 Å². The molecule has 1 aliphatic heterocycles. The maximum Gasteiger partial charge on any atom is 0.283 e. The van der Waals surface area contributed by atoms with Gasteiger partial charge in [0.25, 0.3) is 5.91 Å². The van der Waals surface area contributed by atoms with E-state index in [0.29, 0.717) is 21.7 Å². The summed E-state index contributed by atoms with van der Waals surface area (Å²) in [4.78, 5) is 17.1. The topological polar surface area (TPSA) is 81.0 Å². The van der Waals surface area contributed by atoms with Crippen molar-refractivity contribution in [2.45, 2.75) is 19.3 Å². The van der Waals surface area contributed by atoms with E-state index in [-0.39, 0.29) is 5.91 Å². The number of nitrogens with zero attached hydrogens (tertiary/aromatic N) is 1. The fourth-order valence-electron chi connectivity index (χ4n) is 1.71. The van der Waals surface area contributed by atoms with Gasteiger partial charge in [0.2, 0.25) is 4.77 Å². The highest BCUT2D eigenvalue weighted by Gasteiger charge is 2.14. The highest BCUT2D eigenvalue weighted by Crippen LogP contribution is 2.06. The van der Waals surface area contributed by atoms with Crippen LogP contribution in [0.15, 0.2) is 6.20 Å². The molecule has 1 fully saturated rings. The second kappa shape index (κ2) is 5.13. The molecule has 1 aromatic heterocycles. The Labute approximate surface area is 96.1 Å². The van der Waals surface area contributed by atoms with Crippen molar-refractivity contribution in [3.8, 4) is 0 Å². The Bertz CT molecular complexity index is 454. The minimum atomic E-state index is -0.210. The molecule has 2 rings (SSSR count). The standard InChI is InChI=1S/C9H14N4O2S/c14-8(7-6-10-9(11-7)16-15)12-13-4-2-1-3-5-13/h6,10-11H,1-5H2,(H,12,14). The van der Waals surface area contributed by atoms with E-state index < -0.39 is 0 Å². The Morgan fingerprint density at radius 3 is 2.75 bits per heavy atom. The number of carbonyl (C=O) groups is 1. The van der Waals surface area contributed by atoms with Gasteiger partial charge < -0.3 is 9.97 Å². The van der Waals surface area contributed by atoms with E-state index in [1.54, 1.807) is 0 Å². The fourth-order valence-corrected chi connectivity index (χ4v) is 1.97. The second-order valence-corrected chi connectivity index (χ2v) is 4.30. The highest BCUT2D eigenvalue weighted by molar-refractivity contribution is 7.56. The predicted octanol–water partition coefficient (Wildman–Crippen LogP) is 0.218. The van der Waals surface area contributed by atoms with Crippen molar-refractivity contribution >= 4 is 17.2 Å². The number of piperidine rings is 1. The third-order valence-corrected chi connectivity index (χ3v) is 2.93. The molecule has 3 N–H and O–H groups in total. The molecule has 0 saturated carbocycles. The van der Waals surface area contributed by atoms with Crippen molar-refractivity contribution in [3.63, 3.8) is 0 Å². The Hall–Kier alpha value is -1.34. The number of nitrogens with one attached hydrogen (secondary N) is 3. The number of imidazole rings is 1. The number of hydrazine groups is 1. The van der Waals surface area contributed by atoms with E-state index in [9.17, 15) is 9.00 Å². The van der Waals surface area contributed by atoms with Gasteiger partial charge in [-0.2, -0.15) is 0 Å². The lowest BCUT2D eigenvalue weighted by molar-refractivity contribution is 0.0745. The van der Waals surface area contributed by atoms with Crippen LogP contribution in [0.5, 0.6) is 0 Å². The SMILES string of the molecule is O=S=c1[nH]cc(C(=O)NN2CCCCC2)[nH]1. The number of carbonyl (C=O) groups excluding carboxylic acids is 1. The van der Waals surface area contributed by atoms with Gasteiger partial charge in [-0.1, -0.05) is 6.42 Å². The van der Waals surface area contributed by atoms with Gasteiger partial charge in [-0.25, -0.2) is 9.22 Å². The van der Waals surface area contributed by atoms with Crippen LogP contribution >= 0.6 is 0 Å². The number of aromatic nitrogens is 2. The monoisotopic (exact) mass is 242 g/mol. The lowest BCUT2D eigenvalue weighted by Gasteiger charge is -2.26. The molecular formula is C9H14N4O2S. The molecule has 1 saturated heterocycles. The zero-order valence-electron chi connectivity index (χ0n) is 8.78. The summed E-state index contributed by atoms with van der Waals surface area (Å²) in [6.45, 7) is 1.78. The van der Waals surface area contributed by atoms with Crippen LogP contribution in [0.25, 0.3) is 0 Å². The van der Waals surface area contributed by atoms with Crippen LogP contribution in [0.3, 0.4) is 0 Å². The van der Waals surface area contributed by atoms with Gasteiger partial charge in [-0.3, -0.25) is 10.2 Å². The molecule has 6 nitrogen and oxygen atoms in total. The first kappa shape index (κ1) is 11.2. The number of H-pyrrole nitrogens is 2. The second-order valence-electron chi connectivity index (χ2n) is 3.73. The average Bonchev–Trinajstić information content (AvgIpc) is 2.79. The lowest BCUT2D eigenvalue weighted by Crippen LogP contribution is -2.45. The zero-order valence-corrected chi connectivity index (χ0v) is 9.60. The summed E-state index contributed by atoms with van der Waals surface area (Å²) in [6.07, 6.45) is 4.94. The first-order valence-corrected chi connectivity index (χ1v) is 6.00. The van der Waals surface area contributed by atoms with Crippen LogP contribution in [0.4, 0.5) is 0 Å². The van der Waals surface area contributed by atoms with Crippen LogP contribution in [0.1, 0.15) is 29.8 Å². The first-order chi connectivity index (χ1) is 7.79. The Morgan fingerprint density at radius 2 is 2.12 bits per heavy atom.